The molecular formula is C71H126N4O7Sn3. The molecule has 4 fully saturated rings. The number of aliphatic hydroxyl groups excluding tert-OH is 1. The molecule has 4 aliphatic rings. The first-order valence-corrected chi connectivity index (χ1v) is 59.4. The van der Waals surface area contributed by atoms with Crippen LogP contribution in [0.2, 0.25) is 44.9 Å². The first-order valence-electron chi connectivity index (χ1n) is 35.5. The Bertz CT molecular complexity index is 2060. The Hall–Kier alpha value is -1.72. The monoisotopic (exact) mass is 1510 g/mol. The quantitative estimate of drug-likeness (QED) is 0.0251. The van der Waals surface area contributed by atoms with Crippen molar-refractivity contribution in [1.29, 1.82) is 0 Å². The number of urea groups is 2. The molecule has 2 aliphatic heterocycles. The molecule has 484 valence electrons. The van der Waals surface area contributed by atoms with Crippen molar-refractivity contribution in [3.8, 4) is 0 Å². The molecule has 0 aromatic heterocycles. The van der Waals surface area contributed by atoms with Crippen LogP contribution in [0.3, 0.4) is 0 Å². The Labute approximate surface area is 532 Å². The van der Waals surface area contributed by atoms with Gasteiger partial charge in [0.2, 0.25) is 0 Å². The van der Waals surface area contributed by atoms with Crippen molar-refractivity contribution in [3.63, 3.8) is 0 Å². The van der Waals surface area contributed by atoms with Gasteiger partial charge in [0.15, 0.2) is 0 Å². The molecule has 2 aliphatic carbocycles. The van der Waals surface area contributed by atoms with Crippen molar-refractivity contribution in [3.05, 3.63) is 60.7 Å². The third-order valence-corrected chi connectivity index (χ3v) is 64.8. The van der Waals surface area contributed by atoms with E-state index in [2.05, 4.69) is 128 Å². The second-order valence-electron chi connectivity index (χ2n) is 26.9. The topological polar surface area (TPSA) is 155 Å². The first kappa shape index (κ1) is 75.7. The second-order valence-corrected chi connectivity index (χ2v) is 68.0. The molecule has 2 aromatic carbocycles. The van der Waals surface area contributed by atoms with E-state index in [1.54, 1.807) is 7.16 Å². The predicted molar refractivity (Wildman–Crippen MR) is 366 cm³/mol. The van der Waals surface area contributed by atoms with Crippen LogP contribution in [-0.2, 0) is 19.1 Å². The Morgan fingerprint density at radius 2 is 0.776 bits per heavy atom. The number of aliphatic hydroxyl groups is 1. The van der Waals surface area contributed by atoms with Gasteiger partial charge in [-0.2, -0.15) is 0 Å². The van der Waals surface area contributed by atoms with Gasteiger partial charge < -0.3 is 21.3 Å². The van der Waals surface area contributed by atoms with Crippen LogP contribution in [0.5, 0.6) is 0 Å². The number of carbonyl (C=O) groups is 4. The van der Waals surface area contributed by atoms with Crippen LogP contribution in [0.4, 0.5) is 9.59 Å². The molecule has 0 bridgehead atoms. The number of rotatable bonds is 44. The zero-order valence-corrected chi connectivity index (χ0v) is 63.9. The fraction of sp³-hybridized carbons (Fsp3) is 0.775. The smallest absolute Gasteiger partial charge is 0.333 e. The summed E-state index contributed by atoms with van der Waals surface area (Å²) in [5, 5.41) is 21.2. The van der Waals surface area contributed by atoms with Gasteiger partial charge in [-0.1, -0.05) is 0 Å². The van der Waals surface area contributed by atoms with Crippen LogP contribution in [0.1, 0.15) is 234 Å². The molecule has 0 radical (unpaired) electrons. The van der Waals surface area contributed by atoms with Gasteiger partial charge in [0, 0.05) is 0 Å². The van der Waals surface area contributed by atoms with Crippen LogP contribution in [-0.4, -0.2) is 128 Å². The summed E-state index contributed by atoms with van der Waals surface area (Å²) in [6.07, 6.45) is 34.4. The molecule has 2 heterocycles. The van der Waals surface area contributed by atoms with E-state index in [9.17, 15) is 19.2 Å². The Balaban J connectivity index is 0.000000284. The van der Waals surface area contributed by atoms with Gasteiger partial charge in [-0.05, 0) is 12.8 Å². The fourth-order valence-corrected chi connectivity index (χ4v) is 58.4. The van der Waals surface area contributed by atoms with E-state index in [1.165, 1.54) is 149 Å². The van der Waals surface area contributed by atoms with E-state index in [0.29, 0.717) is 62.6 Å². The van der Waals surface area contributed by atoms with Crippen molar-refractivity contribution < 1.29 is 33.8 Å². The normalized spacial score (nSPS) is 19.8. The summed E-state index contributed by atoms with van der Waals surface area (Å²) in [7, 11) is 0. The van der Waals surface area contributed by atoms with Gasteiger partial charge in [-0.3, -0.25) is 0 Å². The van der Waals surface area contributed by atoms with Crippen LogP contribution in [0.15, 0.2) is 60.7 Å². The van der Waals surface area contributed by atoms with Crippen molar-refractivity contribution in [1.82, 2.24) is 21.3 Å². The van der Waals surface area contributed by atoms with Crippen molar-refractivity contribution in [2.24, 2.45) is 11.8 Å². The summed E-state index contributed by atoms with van der Waals surface area (Å²) in [4.78, 5) is 49.9. The van der Waals surface area contributed by atoms with Gasteiger partial charge in [0.05, 0.1) is 12.1 Å². The molecule has 85 heavy (non-hydrogen) atoms. The number of benzene rings is 2. The average molecular weight is 1500 g/mol. The summed E-state index contributed by atoms with van der Waals surface area (Å²) in [5.41, 5.74) is 0. The minimum atomic E-state index is -2.42. The fourth-order valence-electron chi connectivity index (χ4n) is 14.8. The summed E-state index contributed by atoms with van der Waals surface area (Å²) in [5.74, 6) is 1.04. The van der Waals surface area contributed by atoms with E-state index >= 15 is 0 Å². The summed E-state index contributed by atoms with van der Waals surface area (Å²) in [6.45, 7) is 15.4. The van der Waals surface area contributed by atoms with Gasteiger partial charge >= 0.3 is 481 Å². The molecule has 6 atom stereocenters. The summed E-state index contributed by atoms with van der Waals surface area (Å²) < 4.78 is 27.8. The third kappa shape index (κ3) is 28.6. The number of unbranched alkanes of at least 4 members (excludes halogenated alkanes) is 11. The Kier molecular flexibility index (Phi) is 39.8. The zero-order valence-electron chi connectivity index (χ0n) is 55.3. The molecule has 4 amide bonds. The Morgan fingerprint density at radius 3 is 1.15 bits per heavy atom. The van der Waals surface area contributed by atoms with E-state index < -0.39 is 55.1 Å². The van der Waals surface area contributed by atoms with Gasteiger partial charge in [-0.15, -0.1) is 0 Å². The van der Waals surface area contributed by atoms with E-state index in [1.807, 2.05) is 0 Å². The third-order valence-electron chi connectivity index (χ3n) is 20.1. The van der Waals surface area contributed by atoms with Crippen LogP contribution >= 0.6 is 0 Å². The minimum Gasteiger partial charge on any atom is -0.333 e. The molecular weight excluding hydrogens is 1380 g/mol. The summed E-state index contributed by atoms with van der Waals surface area (Å²) >= 11 is -6.54. The number of carbonyl (C=O) groups excluding carboxylic acids is 4. The predicted octanol–water partition coefficient (Wildman–Crippen LogP) is 17.0. The SMILES string of the molecule is CCC[CH2][Sn]([CH2]CCC)([CH2]CCCO)[c]1ccccc1.CCC[CH2][Sn]([CH2]CCC)([CH2]CCCOC(=O)CCCC[C@@H]1CC[C@@H]2NC(=O)N[C@H]12)[c]1ccccc1.CCC[CH2][Sn]([CH3])([CH2]CCC)[CH2]CCCOC(=O)CCCC[C@@H]1CC[C@@H]2NC(=O)N[C@H]12. The molecule has 14 heteroatoms. The van der Waals surface area contributed by atoms with Crippen LogP contribution in [0, 0.1) is 11.8 Å². The number of fused-ring (bicyclic) bond motifs is 2. The van der Waals surface area contributed by atoms with Crippen LogP contribution < -0.4 is 28.4 Å². The number of esters is 2. The maximum atomic E-state index is 12.3. The number of amides is 4. The molecule has 11 nitrogen and oxygen atoms in total. The second kappa shape index (κ2) is 44.7. The molecule has 0 spiro atoms. The van der Waals surface area contributed by atoms with Gasteiger partial charge in [0.1, 0.15) is 0 Å². The summed E-state index contributed by atoms with van der Waals surface area (Å²) in [6, 6.07) is 24.0. The van der Waals surface area contributed by atoms with Gasteiger partial charge in [0.25, 0.3) is 0 Å². The minimum absolute atomic E-state index is 0.0154. The molecule has 2 aromatic rings. The maximum absolute atomic E-state index is 12.3. The molecule has 5 N–H and O–H groups in total. The average Bonchev–Trinajstić information content (AvgIpc) is 4.43. The Morgan fingerprint density at radius 1 is 0.435 bits per heavy atom. The van der Waals surface area contributed by atoms with E-state index in [0.717, 1.165) is 70.6 Å². The standard InChI is InChI=1S/2C15H25N2O3.2C6H5.C4H9O.6C4H9.CH3.3Sn/c2*1-2-3-10-20-13(18)7-5-4-6-11-8-9-12-14(11)17-15(19)16-12;2*1-2-4-6-5-3-1;1-2-3-4-5;6*1-3-4-2;;;;/h2*11-12,14H,1-10H2,(H2,16,17,19);2*1-5H;5H,1-4H2;6*1,3-4H2,2H3;1H3;;;/t2*11-,12+,14-;;;;;;;;;;;;;/m11............./s1. The van der Waals surface area contributed by atoms with Crippen molar-refractivity contribution in [2.45, 2.75) is 303 Å². The van der Waals surface area contributed by atoms with E-state index in [-0.39, 0.29) is 30.0 Å². The van der Waals surface area contributed by atoms with Crippen LogP contribution in [0.25, 0.3) is 0 Å². The number of hydrogen-bond donors (Lipinski definition) is 5. The first-order chi connectivity index (χ1) is 41.3. The molecule has 2 saturated heterocycles. The zero-order chi connectivity index (χ0) is 61.4. The number of ether oxygens (including phenoxy) is 2. The van der Waals surface area contributed by atoms with E-state index in [4.69, 9.17) is 14.6 Å². The van der Waals surface area contributed by atoms with Crippen molar-refractivity contribution >= 4 is 86.3 Å². The number of nitrogens with one attached hydrogen (secondary N) is 4. The molecule has 2 saturated carbocycles. The molecule has 0 unspecified atom stereocenters. The van der Waals surface area contributed by atoms with Gasteiger partial charge in [-0.25, -0.2) is 9.59 Å². The number of hydrogen-bond acceptors (Lipinski definition) is 7. The van der Waals surface area contributed by atoms with Crippen molar-refractivity contribution in [2.75, 3.05) is 19.8 Å². The molecule has 6 rings (SSSR count).